The lowest BCUT2D eigenvalue weighted by atomic mass is 9.89. The van der Waals surface area contributed by atoms with Gasteiger partial charge in [-0.3, -0.25) is 4.79 Å². The van der Waals surface area contributed by atoms with Crippen LogP contribution in [0.3, 0.4) is 0 Å². The van der Waals surface area contributed by atoms with Crippen molar-refractivity contribution in [2.75, 3.05) is 6.54 Å². The molecule has 0 aliphatic carbocycles. The minimum absolute atomic E-state index is 0.158. The predicted molar refractivity (Wildman–Crippen MR) is 75.6 cm³/mol. The quantitative estimate of drug-likeness (QED) is 0.727. The molecule has 104 valence electrons. The molecular weight excluding hydrogens is 242 g/mol. The van der Waals surface area contributed by atoms with Crippen molar-refractivity contribution in [1.29, 1.82) is 0 Å². The highest BCUT2D eigenvalue weighted by molar-refractivity contribution is 5.91. The first-order valence-electron chi connectivity index (χ1n) is 6.22. The van der Waals surface area contributed by atoms with Gasteiger partial charge >= 0.3 is 0 Å². The number of amides is 1. The number of carbonyl (C=O) groups is 1. The van der Waals surface area contributed by atoms with Crippen molar-refractivity contribution < 1.29 is 15.0 Å². The van der Waals surface area contributed by atoms with E-state index in [2.05, 4.69) is 5.32 Å². The number of hydrogen-bond acceptors (Lipinski definition) is 3. The second-order valence-electron chi connectivity index (χ2n) is 5.56. The van der Waals surface area contributed by atoms with E-state index in [1.807, 2.05) is 20.8 Å². The highest BCUT2D eigenvalue weighted by Crippen LogP contribution is 2.18. The van der Waals surface area contributed by atoms with Crippen LogP contribution in [0.4, 0.5) is 0 Å². The molecule has 1 aromatic carbocycles. The van der Waals surface area contributed by atoms with Crippen LogP contribution in [0.25, 0.3) is 6.08 Å². The zero-order chi connectivity index (χ0) is 14.5. The number of phenolic OH excluding ortho intramolecular Hbond substituents is 1. The lowest BCUT2D eigenvalue weighted by Gasteiger charge is -2.25. The molecule has 0 aliphatic rings. The second-order valence-corrected chi connectivity index (χ2v) is 5.56. The number of aliphatic hydroxyl groups is 1. The predicted octanol–water partition coefficient (Wildman–Crippen LogP) is 1.93. The van der Waals surface area contributed by atoms with Crippen molar-refractivity contribution in [3.8, 4) is 5.75 Å². The number of carbonyl (C=O) groups excluding carboxylic acids is 1. The summed E-state index contributed by atoms with van der Waals surface area (Å²) in [7, 11) is 0. The normalized spacial score (nSPS) is 13.5. The molecule has 4 heteroatoms. The molecule has 1 rings (SSSR count). The molecule has 0 aliphatic heterocycles. The fraction of sp³-hybridized carbons (Fsp3) is 0.400. The number of aliphatic hydroxyl groups excluding tert-OH is 1. The summed E-state index contributed by atoms with van der Waals surface area (Å²) in [5, 5.41) is 21.7. The van der Waals surface area contributed by atoms with Crippen molar-refractivity contribution in [1.82, 2.24) is 5.32 Å². The third-order valence-corrected chi connectivity index (χ3v) is 2.77. The van der Waals surface area contributed by atoms with E-state index in [9.17, 15) is 15.0 Å². The van der Waals surface area contributed by atoms with Crippen LogP contribution >= 0.6 is 0 Å². The Kier molecular flexibility index (Phi) is 5.12. The average Bonchev–Trinajstić information content (AvgIpc) is 2.32. The van der Waals surface area contributed by atoms with Crippen LogP contribution in [0.1, 0.15) is 26.3 Å². The van der Waals surface area contributed by atoms with E-state index >= 15 is 0 Å². The zero-order valence-electron chi connectivity index (χ0n) is 11.6. The van der Waals surface area contributed by atoms with Crippen molar-refractivity contribution in [2.45, 2.75) is 26.9 Å². The van der Waals surface area contributed by atoms with Crippen LogP contribution < -0.4 is 5.32 Å². The smallest absolute Gasteiger partial charge is 0.244 e. The van der Waals surface area contributed by atoms with Crippen LogP contribution in [-0.4, -0.2) is 28.8 Å². The largest absolute Gasteiger partial charge is 0.508 e. The van der Waals surface area contributed by atoms with Crippen LogP contribution in [0.5, 0.6) is 5.75 Å². The van der Waals surface area contributed by atoms with E-state index in [0.717, 1.165) is 5.56 Å². The lowest BCUT2D eigenvalue weighted by molar-refractivity contribution is -0.117. The van der Waals surface area contributed by atoms with E-state index in [-0.39, 0.29) is 23.6 Å². The lowest BCUT2D eigenvalue weighted by Crippen LogP contribution is -2.38. The van der Waals surface area contributed by atoms with Gasteiger partial charge in [-0.1, -0.05) is 32.9 Å². The van der Waals surface area contributed by atoms with E-state index in [4.69, 9.17) is 0 Å². The van der Waals surface area contributed by atoms with Gasteiger partial charge in [-0.25, -0.2) is 0 Å². The summed E-state index contributed by atoms with van der Waals surface area (Å²) in [6.07, 6.45) is 2.40. The Balaban J connectivity index is 2.48. The molecule has 1 aromatic rings. The molecule has 1 amide bonds. The minimum atomic E-state index is -0.592. The van der Waals surface area contributed by atoms with Crippen LogP contribution in [0.15, 0.2) is 30.3 Å². The topological polar surface area (TPSA) is 69.6 Å². The molecular formula is C15H21NO3. The molecule has 0 spiro atoms. The molecule has 0 aromatic heterocycles. The molecule has 4 nitrogen and oxygen atoms in total. The third kappa shape index (κ3) is 5.57. The Morgan fingerprint density at radius 2 is 2.11 bits per heavy atom. The first-order chi connectivity index (χ1) is 8.79. The van der Waals surface area contributed by atoms with Crippen LogP contribution in [0, 0.1) is 5.41 Å². The summed E-state index contributed by atoms with van der Waals surface area (Å²) in [5.74, 6) is -0.114. The summed E-state index contributed by atoms with van der Waals surface area (Å²) in [6, 6.07) is 6.62. The van der Waals surface area contributed by atoms with Crippen LogP contribution in [0.2, 0.25) is 0 Å². The number of hydrogen-bond donors (Lipinski definition) is 3. The highest BCUT2D eigenvalue weighted by atomic mass is 16.3. The number of aromatic hydroxyl groups is 1. The van der Waals surface area contributed by atoms with Gasteiger partial charge in [0.15, 0.2) is 0 Å². The molecule has 3 N–H and O–H groups in total. The molecule has 1 unspecified atom stereocenters. The SMILES string of the molecule is CC(C)(C)C(O)CNC(=O)C=Cc1cccc(O)c1. The fourth-order valence-electron chi connectivity index (χ4n) is 1.36. The van der Waals surface area contributed by atoms with E-state index in [0.29, 0.717) is 0 Å². The first kappa shape index (κ1) is 15.2. The summed E-state index contributed by atoms with van der Waals surface area (Å²) < 4.78 is 0. The van der Waals surface area contributed by atoms with Gasteiger partial charge in [0.05, 0.1) is 6.10 Å². The van der Waals surface area contributed by atoms with Crippen molar-refractivity contribution >= 4 is 12.0 Å². The number of benzene rings is 1. The highest BCUT2D eigenvalue weighted by Gasteiger charge is 2.21. The molecule has 0 radical (unpaired) electrons. The second kappa shape index (κ2) is 6.38. The number of nitrogens with one attached hydrogen (secondary N) is 1. The molecule has 0 bridgehead atoms. The summed E-state index contributed by atoms with van der Waals surface area (Å²) >= 11 is 0. The fourth-order valence-corrected chi connectivity index (χ4v) is 1.36. The molecule has 19 heavy (non-hydrogen) atoms. The Morgan fingerprint density at radius 1 is 1.42 bits per heavy atom. The monoisotopic (exact) mass is 263 g/mol. The van der Waals surface area contributed by atoms with Gasteiger partial charge in [-0.05, 0) is 29.2 Å². The molecule has 0 saturated heterocycles. The maximum atomic E-state index is 11.6. The Morgan fingerprint density at radius 3 is 2.68 bits per heavy atom. The molecule has 0 fully saturated rings. The maximum absolute atomic E-state index is 11.6. The van der Waals surface area contributed by atoms with E-state index in [1.165, 1.54) is 6.08 Å². The van der Waals surface area contributed by atoms with Crippen molar-refractivity contribution in [3.05, 3.63) is 35.9 Å². The average molecular weight is 263 g/mol. The van der Waals surface area contributed by atoms with Gasteiger partial charge in [0, 0.05) is 12.6 Å². The molecule has 1 atom stereocenters. The zero-order valence-corrected chi connectivity index (χ0v) is 11.6. The summed E-state index contributed by atoms with van der Waals surface area (Å²) in [5.41, 5.74) is 0.480. The Bertz CT molecular complexity index is 461. The van der Waals surface area contributed by atoms with Gasteiger partial charge in [0.1, 0.15) is 5.75 Å². The number of phenols is 1. The Labute approximate surface area is 113 Å². The van der Waals surface area contributed by atoms with E-state index < -0.39 is 6.10 Å². The van der Waals surface area contributed by atoms with Gasteiger partial charge in [0.25, 0.3) is 0 Å². The van der Waals surface area contributed by atoms with Crippen molar-refractivity contribution in [3.63, 3.8) is 0 Å². The molecule has 0 saturated carbocycles. The summed E-state index contributed by atoms with van der Waals surface area (Å²) in [6.45, 7) is 5.94. The first-order valence-corrected chi connectivity index (χ1v) is 6.22. The number of rotatable bonds is 4. The minimum Gasteiger partial charge on any atom is -0.508 e. The van der Waals surface area contributed by atoms with Crippen LogP contribution in [-0.2, 0) is 4.79 Å². The van der Waals surface area contributed by atoms with Gasteiger partial charge in [0.2, 0.25) is 5.91 Å². The van der Waals surface area contributed by atoms with E-state index in [1.54, 1.807) is 30.3 Å². The van der Waals surface area contributed by atoms with Gasteiger partial charge in [-0.15, -0.1) is 0 Å². The third-order valence-electron chi connectivity index (χ3n) is 2.77. The standard InChI is InChI=1S/C15H21NO3/c1-15(2,3)13(18)10-16-14(19)8-7-11-5-4-6-12(17)9-11/h4-9,13,17-18H,10H2,1-3H3,(H,16,19). The summed E-state index contributed by atoms with van der Waals surface area (Å²) in [4.78, 5) is 11.6. The van der Waals surface area contributed by atoms with Crippen molar-refractivity contribution in [2.24, 2.45) is 5.41 Å². The molecule has 0 heterocycles. The maximum Gasteiger partial charge on any atom is 0.244 e. The van der Waals surface area contributed by atoms with Gasteiger partial charge in [-0.2, -0.15) is 0 Å². The Hall–Kier alpha value is -1.81. The van der Waals surface area contributed by atoms with Gasteiger partial charge < -0.3 is 15.5 Å².